The van der Waals surface area contributed by atoms with Crippen LogP contribution in [0.25, 0.3) is 5.69 Å². The molecule has 1 aromatic carbocycles. The number of nitrogens with one attached hydrogen (secondary N) is 1. The number of benzene rings is 1. The molecule has 5 heteroatoms. The van der Waals surface area contributed by atoms with Gasteiger partial charge >= 0.3 is 0 Å². The molecule has 0 aliphatic heterocycles. The van der Waals surface area contributed by atoms with Gasteiger partial charge in [0.1, 0.15) is 4.47 Å². The molecule has 0 bridgehead atoms. The van der Waals surface area contributed by atoms with E-state index < -0.39 is 0 Å². The van der Waals surface area contributed by atoms with Crippen LogP contribution in [-0.4, -0.2) is 9.78 Å². The molecule has 0 saturated heterocycles. The minimum atomic E-state index is -0.0954. The van der Waals surface area contributed by atoms with Gasteiger partial charge < -0.3 is 0 Å². The summed E-state index contributed by atoms with van der Waals surface area (Å²) in [4.78, 5) is 12.3. The van der Waals surface area contributed by atoms with Gasteiger partial charge in [-0.2, -0.15) is 5.26 Å². The van der Waals surface area contributed by atoms with Gasteiger partial charge in [0.2, 0.25) is 0 Å². The summed E-state index contributed by atoms with van der Waals surface area (Å²) in [6, 6.07) is 9.13. The van der Waals surface area contributed by atoms with Crippen LogP contribution in [0.3, 0.4) is 0 Å². The first-order valence-corrected chi connectivity index (χ1v) is 7.51. The van der Waals surface area contributed by atoms with Crippen molar-refractivity contribution >= 4 is 15.9 Å². The summed E-state index contributed by atoms with van der Waals surface area (Å²) in [7, 11) is 0. The highest BCUT2D eigenvalue weighted by Crippen LogP contribution is 2.35. The molecule has 0 amide bonds. The highest BCUT2D eigenvalue weighted by atomic mass is 79.9. The molecule has 1 aliphatic rings. The van der Waals surface area contributed by atoms with Crippen LogP contribution in [0.2, 0.25) is 0 Å². The van der Waals surface area contributed by atoms with Gasteiger partial charge in [-0.1, -0.05) is 18.9 Å². The summed E-state index contributed by atoms with van der Waals surface area (Å²) in [5, 5.41) is 12.2. The molecule has 0 radical (unpaired) electrons. The van der Waals surface area contributed by atoms with E-state index in [9.17, 15) is 4.79 Å². The molecule has 102 valence electrons. The lowest BCUT2D eigenvalue weighted by atomic mass is 10.1. The van der Waals surface area contributed by atoms with Crippen LogP contribution in [0.1, 0.15) is 42.9 Å². The Morgan fingerprint density at radius 1 is 1.35 bits per heavy atom. The minimum absolute atomic E-state index is 0.0954. The number of halogens is 1. The minimum Gasteiger partial charge on any atom is -0.294 e. The Bertz CT molecular complexity index is 732. The van der Waals surface area contributed by atoms with Crippen LogP contribution < -0.4 is 5.56 Å². The van der Waals surface area contributed by atoms with Gasteiger partial charge in [0.25, 0.3) is 5.56 Å². The third-order valence-electron chi connectivity index (χ3n) is 3.86. The summed E-state index contributed by atoms with van der Waals surface area (Å²) < 4.78 is 2.13. The molecule has 4 nitrogen and oxygen atoms in total. The van der Waals surface area contributed by atoms with Crippen LogP contribution in [0.5, 0.6) is 0 Å². The maximum absolute atomic E-state index is 12.3. The van der Waals surface area contributed by atoms with Crippen LogP contribution in [0, 0.1) is 11.3 Å². The first-order valence-electron chi connectivity index (χ1n) is 6.71. The lowest BCUT2D eigenvalue weighted by molar-refractivity contribution is 0.675. The van der Waals surface area contributed by atoms with Crippen LogP contribution in [0.15, 0.2) is 33.5 Å². The quantitative estimate of drug-likeness (QED) is 0.915. The van der Waals surface area contributed by atoms with Crippen molar-refractivity contribution in [3.8, 4) is 11.8 Å². The summed E-state index contributed by atoms with van der Waals surface area (Å²) in [5.74, 6) is 0.428. The SMILES string of the molecule is N#Cc1cccc(-n2[nH]c(C3CCCC3)c(Br)c2=O)c1. The molecular weight excluding hydrogens is 318 g/mol. The highest BCUT2D eigenvalue weighted by molar-refractivity contribution is 9.10. The Kier molecular flexibility index (Phi) is 3.49. The molecular formula is C15H14BrN3O. The molecule has 1 N–H and O–H groups in total. The Labute approximate surface area is 125 Å². The molecule has 2 aromatic rings. The molecule has 20 heavy (non-hydrogen) atoms. The maximum Gasteiger partial charge on any atom is 0.285 e. The predicted octanol–water partition coefficient (Wildman–Crippen LogP) is 3.46. The smallest absolute Gasteiger partial charge is 0.285 e. The Morgan fingerprint density at radius 3 is 2.80 bits per heavy atom. The van der Waals surface area contributed by atoms with Gasteiger partial charge in [-0.25, -0.2) is 4.68 Å². The zero-order valence-electron chi connectivity index (χ0n) is 10.9. The second-order valence-corrected chi connectivity index (χ2v) is 5.92. The van der Waals surface area contributed by atoms with Crippen molar-refractivity contribution in [3.05, 3.63) is 50.3 Å². The summed E-state index contributed by atoms with van der Waals surface area (Å²) >= 11 is 3.41. The van der Waals surface area contributed by atoms with Crippen LogP contribution >= 0.6 is 15.9 Å². The van der Waals surface area contributed by atoms with Gasteiger partial charge in [-0.05, 0) is 47.0 Å². The fourth-order valence-corrected chi connectivity index (χ4v) is 3.40. The molecule has 1 aliphatic carbocycles. The van der Waals surface area contributed by atoms with Gasteiger partial charge in [0.05, 0.1) is 23.0 Å². The van der Waals surface area contributed by atoms with E-state index in [0.717, 1.165) is 18.5 Å². The largest absolute Gasteiger partial charge is 0.294 e. The van der Waals surface area contributed by atoms with Crippen LogP contribution in [0.4, 0.5) is 0 Å². The first kappa shape index (κ1) is 13.2. The number of aromatic nitrogens is 2. The fourth-order valence-electron chi connectivity index (χ4n) is 2.82. The van der Waals surface area contributed by atoms with Crippen molar-refractivity contribution in [3.63, 3.8) is 0 Å². The van der Waals surface area contributed by atoms with E-state index >= 15 is 0 Å². The molecule has 0 unspecified atom stereocenters. The maximum atomic E-state index is 12.3. The number of hydrogen-bond acceptors (Lipinski definition) is 2. The second-order valence-electron chi connectivity index (χ2n) is 5.12. The Morgan fingerprint density at radius 2 is 2.10 bits per heavy atom. The molecule has 1 saturated carbocycles. The number of hydrogen-bond donors (Lipinski definition) is 1. The standard InChI is InChI=1S/C15H14BrN3O/c16-13-14(11-5-1-2-6-11)18-19(15(13)20)12-7-3-4-10(8-12)9-17/h3-4,7-8,11,18H,1-2,5-6H2. The molecule has 1 heterocycles. The number of rotatable bonds is 2. The van der Waals surface area contributed by atoms with E-state index in [4.69, 9.17) is 5.26 Å². The lowest BCUT2D eigenvalue weighted by Crippen LogP contribution is -2.14. The van der Waals surface area contributed by atoms with Gasteiger partial charge in [0, 0.05) is 5.92 Å². The third-order valence-corrected chi connectivity index (χ3v) is 4.62. The van der Waals surface area contributed by atoms with E-state index in [1.807, 2.05) is 6.07 Å². The monoisotopic (exact) mass is 331 g/mol. The van der Waals surface area contributed by atoms with Crippen molar-refractivity contribution in [2.24, 2.45) is 0 Å². The zero-order valence-corrected chi connectivity index (χ0v) is 12.5. The van der Waals surface area contributed by atoms with Crippen molar-refractivity contribution in [1.82, 2.24) is 9.78 Å². The van der Waals surface area contributed by atoms with E-state index in [0.29, 0.717) is 21.6 Å². The Balaban J connectivity index is 2.08. The normalized spacial score (nSPS) is 15.4. The third kappa shape index (κ3) is 2.20. The van der Waals surface area contributed by atoms with Gasteiger partial charge in [-0.3, -0.25) is 9.89 Å². The van der Waals surface area contributed by atoms with Gasteiger partial charge in [-0.15, -0.1) is 0 Å². The lowest BCUT2D eigenvalue weighted by Gasteiger charge is -2.07. The highest BCUT2D eigenvalue weighted by Gasteiger charge is 2.24. The van der Waals surface area contributed by atoms with E-state index in [-0.39, 0.29) is 5.56 Å². The molecule has 0 spiro atoms. The first-order chi connectivity index (χ1) is 9.70. The predicted molar refractivity (Wildman–Crippen MR) is 80.0 cm³/mol. The summed E-state index contributed by atoms with van der Waals surface area (Å²) in [5.41, 5.74) is 2.12. The van der Waals surface area contributed by atoms with E-state index in [1.165, 1.54) is 17.5 Å². The van der Waals surface area contributed by atoms with Crippen molar-refractivity contribution in [2.45, 2.75) is 31.6 Å². The molecule has 0 atom stereocenters. The number of H-pyrrole nitrogens is 1. The molecule has 3 rings (SSSR count). The molecule has 1 aromatic heterocycles. The van der Waals surface area contributed by atoms with Crippen molar-refractivity contribution in [2.75, 3.05) is 0 Å². The Hall–Kier alpha value is -1.80. The zero-order chi connectivity index (χ0) is 14.1. The van der Waals surface area contributed by atoms with E-state index in [1.54, 1.807) is 18.2 Å². The van der Waals surface area contributed by atoms with E-state index in [2.05, 4.69) is 27.1 Å². The van der Waals surface area contributed by atoms with Crippen molar-refractivity contribution < 1.29 is 0 Å². The summed E-state index contributed by atoms with van der Waals surface area (Å²) in [6.45, 7) is 0. The average molecular weight is 332 g/mol. The average Bonchev–Trinajstić information content (AvgIpc) is 3.09. The summed E-state index contributed by atoms with van der Waals surface area (Å²) in [6.07, 6.45) is 4.68. The molecule has 1 fully saturated rings. The number of aromatic amines is 1. The number of nitrogens with zero attached hydrogens (tertiary/aromatic N) is 2. The topological polar surface area (TPSA) is 61.6 Å². The van der Waals surface area contributed by atoms with Crippen LogP contribution in [-0.2, 0) is 0 Å². The fraction of sp³-hybridized carbons (Fsp3) is 0.333. The van der Waals surface area contributed by atoms with Crippen molar-refractivity contribution in [1.29, 1.82) is 5.26 Å². The van der Waals surface area contributed by atoms with Gasteiger partial charge in [0.15, 0.2) is 0 Å². The second kappa shape index (κ2) is 5.29. The number of nitriles is 1.